The second kappa shape index (κ2) is 5.17. The van der Waals surface area contributed by atoms with Crippen molar-refractivity contribution in [1.29, 1.82) is 0 Å². The van der Waals surface area contributed by atoms with Gasteiger partial charge in [0.05, 0.1) is 16.6 Å². The number of fused-ring (bicyclic) bond motifs is 1. The molecule has 4 nitrogen and oxygen atoms in total. The molecule has 0 atom stereocenters. The van der Waals surface area contributed by atoms with Crippen LogP contribution in [-0.4, -0.2) is 9.97 Å². The predicted molar refractivity (Wildman–Crippen MR) is 79.8 cm³/mol. The van der Waals surface area contributed by atoms with Gasteiger partial charge in [0.25, 0.3) is 0 Å². The number of hydrogen-bond donors (Lipinski definition) is 1. The number of anilines is 1. The summed E-state index contributed by atoms with van der Waals surface area (Å²) in [6, 6.07) is 13.5. The maximum absolute atomic E-state index is 6.02. The van der Waals surface area contributed by atoms with E-state index in [0.29, 0.717) is 17.3 Å². The van der Waals surface area contributed by atoms with Crippen molar-refractivity contribution in [1.82, 2.24) is 9.97 Å². The molecule has 0 amide bonds. The molecule has 3 aromatic rings. The van der Waals surface area contributed by atoms with Gasteiger partial charge in [0.2, 0.25) is 5.88 Å². The van der Waals surface area contributed by atoms with Gasteiger partial charge in [-0.25, -0.2) is 9.97 Å². The van der Waals surface area contributed by atoms with Gasteiger partial charge in [0.15, 0.2) is 5.75 Å². The van der Waals surface area contributed by atoms with E-state index < -0.39 is 0 Å². The van der Waals surface area contributed by atoms with E-state index in [4.69, 9.17) is 10.5 Å². The lowest BCUT2D eigenvalue weighted by Crippen LogP contribution is -1.96. The molecule has 3 rings (SSSR count). The van der Waals surface area contributed by atoms with Crippen LogP contribution >= 0.6 is 0 Å². The average Bonchev–Trinajstić information content (AvgIpc) is 2.49. The summed E-state index contributed by atoms with van der Waals surface area (Å²) in [6.07, 6.45) is 2.44. The molecule has 2 aromatic carbocycles. The van der Waals surface area contributed by atoms with Crippen molar-refractivity contribution in [2.45, 2.75) is 13.3 Å². The van der Waals surface area contributed by atoms with Crippen molar-refractivity contribution in [2.24, 2.45) is 0 Å². The Labute approximate surface area is 117 Å². The average molecular weight is 265 g/mol. The SMILES string of the molecule is CCc1ccc(Oc2ncnc3ccccc23)c(N)c1. The molecule has 1 heterocycles. The fraction of sp³-hybridized carbons (Fsp3) is 0.125. The van der Waals surface area contributed by atoms with E-state index in [1.165, 1.54) is 11.9 Å². The van der Waals surface area contributed by atoms with E-state index in [1.54, 1.807) is 0 Å². The third-order valence-electron chi connectivity index (χ3n) is 3.20. The number of aryl methyl sites for hydroxylation is 1. The molecule has 0 saturated heterocycles. The van der Waals surface area contributed by atoms with Crippen LogP contribution in [0.5, 0.6) is 11.6 Å². The van der Waals surface area contributed by atoms with E-state index in [-0.39, 0.29) is 0 Å². The normalized spacial score (nSPS) is 10.7. The summed E-state index contributed by atoms with van der Waals surface area (Å²) in [4.78, 5) is 8.41. The molecule has 0 unspecified atom stereocenters. The standard InChI is InChI=1S/C16H15N3O/c1-2-11-7-8-15(13(17)9-11)20-16-12-5-3-4-6-14(12)18-10-19-16/h3-10H,2,17H2,1H3. The van der Waals surface area contributed by atoms with E-state index in [0.717, 1.165) is 17.3 Å². The summed E-state index contributed by atoms with van der Waals surface area (Å²) in [5, 5.41) is 0.869. The molecule has 4 heteroatoms. The number of nitrogens with zero attached hydrogens (tertiary/aromatic N) is 2. The monoisotopic (exact) mass is 265 g/mol. The van der Waals surface area contributed by atoms with Crippen LogP contribution in [0.25, 0.3) is 10.9 Å². The van der Waals surface area contributed by atoms with Crippen molar-refractivity contribution in [3.05, 3.63) is 54.4 Å². The molecule has 20 heavy (non-hydrogen) atoms. The molecule has 0 aliphatic rings. The van der Waals surface area contributed by atoms with Crippen LogP contribution in [0.15, 0.2) is 48.8 Å². The minimum atomic E-state index is 0.520. The molecule has 0 radical (unpaired) electrons. The molecule has 0 aliphatic heterocycles. The number of benzene rings is 2. The second-order valence-electron chi connectivity index (χ2n) is 4.52. The van der Waals surface area contributed by atoms with Crippen LogP contribution in [0.1, 0.15) is 12.5 Å². The number of nitrogens with two attached hydrogens (primary N) is 1. The van der Waals surface area contributed by atoms with E-state index in [1.807, 2.05) is 42.5 Å². The number of rotatable bonds is 3. The van der Waals surface area contributed by atoms with E-state index >= 15 is 0 Å². The summed E-state index contributed by atoms with van der Waals surface area (Å²) in [7, 11) is 0. The first-order chi connectivity index (χ1) is 9.78. The summed E-state index contributed by atoms with van der Waals surface area (Å²) in [5.41, 5.74) is 8.67. The van der Waals surface area contributed by atoms with Gasteiger partial charge in [-0.15, -0.1) is 0 Å². The van der Waals surface area contributed by atoms with Gasteiger partial charge >= 0.3 is 0 Å². The fourth-order valence-electron chi connectivity index (χ4n) is 2.08. The Bertz CT molecular complexity index is 750. The maximum atomic E-state index is 6.02. The van der Waals surface area contributed by atoms with Crippen molar-refractivity contribution >= 4 is 16.6 Å². The smallest absolute Gasteiger partial charge is 0.230 e. The number of para-hydroxylation sites is 1. The first-order valence-electron chi connectivity index (χ1n) is 6.54. The highest BCUT2D eigenvalue weighted by Gasteiger charge is 2.08. The van der Waals surface area contributed by atoms with Crippen molar-refractivity contribution in [3.8, 4) is 11.6 Å². The zero-order chi connectivity index (χ0) is 13.9. The third kappa shape index (κ3) is 2.28. The van der Waals surface area contributed by atoms with E-state index in [2.05, 4.69) is 16.9 Å². The summed E-state index contributed by atoms with van der Waals surface area (Å²) >= 11 is 0. The fourth-order valence-corrected chi connectivity index (χ4v) is 2.08. The molecule has 0 bridgehead atoms. The van der Waals surface area contributed by atoms with Gasteiger partial charge in [-0.1, -0.05) is 25.1 Å². The van der Waals surface area contributed by atoms with Crippen LogP contribution in [0, 0.1) is 0 Å². The zero-order valence-electron chi connectivity index (χ0n) is 11.2. The molecule has 100 valence electrons. The summed E-state index contributed by atoms with van der Waals surface area (Å²) in [6.45, 7) is 2.09. The number of hydrogen-bond acceptors (Lipinski definition) is 4. The summed E-state index contributed by atoms with van der Waals surface area (Å²) < 4.78 is 5.85. The minimum Gasteiger partial charge on any atom is -0.436 e. The first kappa shape index (κ1) is 12.4. The predicted octanol–water partition coefficient (Wildman–Crippen LogP) is 3.57. The number of nitrogen functional groups attached to an aromatic ring is 1. The largest absolute Gasteiger partial charge is 0.436 e. The molecule has 0 saturated carbocycles. The highest BCUT2D eigenvalue weighted by Crippen LogP contribution is 2.30. The Balaban J connectivity index is 2.01. The topological polar surface area (TPSA) is 61.0 Å². The third-order valence-corrected chi connectivity index (χ3v) is 3.20. The first-order valence-corrected chi connectivity index (χ1v) is 6.54. The molecule has 0 aliphatic carbocycles. The van der Waals surface area contributed by atoms with Crippen LogP contribution in [0.4, 0.5) is 5.69 Å². The van der Waals surface area contributed by atoms with Crippen molar-refractivity contribution in [2.75, 3.05) is 5.73 Å². The van der Waals surface area contributed by atoms with Crippen molar-refractivity contribution in [3.63, 3.8) is 0 Å². The van der Waals surface area contributed by atoms with Gasteiger partial charge in [-0.2, -0.15) is 0 Å². The lowest BCUT2D eigenvalue weighted by Gasteiger charge is -2.10. The Morgan fingerprint density at radius 3 is 2.75 bits per heavy atom. The van der Waals surface area contributed by atoms with Crippen LogP contribution in [-0.2, 0) is 6.42 Å². The minimum absolute atomic E-state index is 0.520. The zero-order valence-corrected chi connectivity index (χ0v) is 11.2. The number of aromatic nitrogens is 2. The Morgan fingerprint density at radius 1 is 1.10 bits per heavy atom. The molecular formula is C16H15N3O. The van der Waals surface area contributed by atoms with Gasteiger partial charge < -0.3 is 10.5 Å². The maximum Gasteiger partial charge on any atom is 0.230 e. The highest BCUT2D eigenvalue weighted by molar-refractivity contribution is 5.83. The van der Waals surface area contributed by atoms with Gasteiger partial charge in [0, 0.05) is 0 Å². The van der Waals surface area contributed by atoms with Gasteiger partial charge in [-0.3, -0.25) is 0 Å². The Morgan fingerprint density at radius 2 is 1.95 bits per heavy atom. The van der Waals surface area contributed by atoms with E-state index in [9.17, 15) is 0 Å². The Hall–Kier alpha value is -2.62. The molecular weight excluding hydrogens is 250 g/mol. The van der Waals surface area contributed by atoms with Crippen LogP contribution in [0.2, 0.25) is 0 Å². The lowest BCUT2D eigenvalue weighted by molar-refractivity contribution is 0.470. The molecule has 0 fully saturated rings. The summed E-state index contributed by atoms with van der Waals surface area (Å²) in [5.74, 6) is 1.14. The van der Waals surface area contributed by atoms with Gasteiger partial charge in [-0.05, 0) is 36.2 Å². The van der Waals surface area contributed by atoms with Crippen molar-refractivity contribution < 1.29 is 4.74 Å². The quantitative estimate of drug-likeness (QED) is 0.735. The van der Waals surface area contributed by atoms with Crippen LogP contribution < -0.4 is 10.5 Å². The van der Waals surface area contributed by atoms with Gasteiger partial charge in [0.1, 0.15) is 6.33 Å². The second-order valence-corrected chi connectivity index (χ2v) is 4.52. The Kier molecular flexibility index (Phi) is 3.21. The highest BCUT2D eigenvalue weighted by atomic mass is 16.5. The molecule has 0 spiro atoms. The van der Waals surface area contributed by atoms with Crippen LogP contribution in [0.3, 0.4) is 0 Å². The lowest BCUT2D eigenvalue weighted by atomic mass is 10.1. The molecule has 2 N–H and O–H groups in total. The molecule has 1 aromatic heterocycles. The number of ether oxygens (including phenoxy) is 1.